The number of benzene rings is 1. The van der Waals surface area contributed by atoms with E-state index >= 15 is 0 Å². The number of hydrogen-bond donors (Lipinski definition) is 1. The number of likely N-dealkylation sites (tertiary alicyclic amines) is 1. The lowest BCUT2D eigenvalue weighted by Gasteiger charge is -2.40. The van der Waals surface area contributed by atoms with E-state index in [1.165, 1.54) is 10.5 Å². The largest absolute Gasteiger partial charge is 0.460 e. The highest BCUT2D eigenvalue weighted by Gasteiger charge is 2.54. The number of Topliss-reactive ketones (excluding diaryl/α,β-unsaturated/α-hetero) is 1. The molecular weight excluding hydrogens is 458 g/mol. The lowest BCUT2D eigenvalue weighted by Crippen LogP contribution is -2.62. The van der Waals surface area contributed by atoms with E-state index in [1.807, 2.05) is 32.0 Å². The van der Waals surface area contributed by atoms with Crippen LogP contribution in [0.15, 0.2) is 30.3 Å². The number of ketones is 1. The molecule has 0 spiro atoms. The predicted octanol–water partition coefficient (Wildman–Crippen LogP) is 4.30. The Morgan fingerprint density at radius 1 is 1.14 bits per heavy atom. The maximum atomic E-state index is 13.6. The molecule has 200 valence electrons. The minimum absolute atomic E-state index is 0.0907. The molecule has 2 aliphatic rings. The molecule has 6 unspecified atom stereocenters. The number of carbonyl (C=O) groups excluding carboxylic acids is 3. The highest BCUT2D eigenvalue weighted by atomic mass is 16.6. The molecule has 1 aromatic rings. The molecule has 2 aliphatic heterocycles. The molecule has 0 aliphatic carbocycles. The van der Waals surface area contributed by atoms with Gasteiger partial charge in [0.05, 0.1) is 6.10 Å². The molecule has 36 heavy (non-hydrogen) atoms. The van der Waals surface area contributed by atoms with Crippen LogP contribution in [0.4, 0.5) is 0 Å². The second-order valence-electron chi connectivity index (χ2n) is 10.9. The van der Waals surface area contributed by atoms with Crippen LogP contribution in [0.3, 0.4) is 0 Å². The highest BCUT2D eigenvalue weighted by Crippen LogP contribution is 2.32. The molecule has 1 amide bonds. The summed E-state index contributed by atoms with van der Waals surface area (Å²) >= 11 is 0. The maximum absolute atomic E-state index is 13.6. The summed E-state index contributed by atoms with van der Waals surface area (Å²) in [6.45, 7) is 9.90. The van der Waals surface area contributed by atoms with Gasteiger partial charge in [0.1, 0.15) is 12.1 Å². The van der Waals surface area contributed by atoms with Crippen molar-refractivity contribution in [1.82, 2.24) is 4.90 Å². The number of hydrogen-bond acceptors (Lipinski definition) is 6. The Labute approximate surface area is 215 Å². The Bertz CT molecular complexity index is 902. The van der Waals surface area contributed by atoms with Crippen LogP contribution in [0.2, 0.25) is 0 Å². The van der Waals surface area contributed by atoms with Crippen LogP contribution in [0, 0.1) is 17.8 Å². The Balaban J connectivity index is 1.80. The van der Waals surface area contributed by atoms with E-state index in [2.05, 4.69) is 19.1 Å². The fourth-order valence-corrected chi connectivity index (χ4v) is 5.53. The van der Waals surface area contributed by atoms with Gasteiger partial charge in [0.25, 0.3) is 5.91 Å². The van der Waals surface area contributed by atoms with Gasteiger partial charge >= 0.3 is 11.8 Å². The minimum atomic E-state index is -2.57. The summed E-state index contributed by atoms with van der Waals surface area (Å²) < 4.78 is 11.8. The van der Waals surface area contributed by atoms with Crippen molar-refractivity contribution < 1.29 is 29.0 Å². The number of esters is 1. The fourth-order valence-electron chi connectivity index (χ4n) is 5.53. The second kappa shape index (κ2) is 12.3. The first-order valence-corrected chi connectivity index (χ1v) is 13.6. The third kappa shape index (κ3) is 6.35. The normalized spacial score (nSPS) is 28.9. The highest BCUT2D eigenvalue weighted by molar-refractivity contribution is 6.09. The smallest absolute Gasteiger partial charge is 0.329 e. The van der Waals surface area contributed by atoms with E-state index in [1.54, 1.807) is 13.8 Å². The maximum Gasteiger partial charge on any atom is 0.329 e. The number of amides is 1. The molecule has 7 nitrogen and oxygen atoms in total. The first-order chi connectivity index (χ1) is 17.1. The average Bonchev–Trinajstić information content (AvgIpc) is 2.97. The Hall–Kier alpha value is -2.25. The third-order valence-corrected chi connectivity index (χ3v) is 7.72. The number of rotatable bonds is 8. The Morgan fingerprint density at radius 2 is 1.83 bits per heavy atom. The van der Waals surface area contributed by atoms with Crippen LogP contribution in [0.25, 0.3) is 0 Å². The minimum Gasteiger partial charge on any atom is -0.460 e. The first kappa shape index (κ1) is 28.3. The molecule has 1 N–H and O–H groups in total. The fraction of sp³-hybridized carbons (Fsp3) is 0.690. The lowest BCUT2D eigenvalue weighted by atomic mass is 9.86. The van der Waals surface area contributed by atoms with Gasteiger partial charge in [-0.25, -0.2) is 4.79 Å². The molecule has 7 heteroatoms. The molecule has 2 saturated heterocycles. The van der Waals surface area contributed by atoms with Crippen LogP contribution in [0.1, 0.15) is 78.7 Å². The van der Waals surface area contributed by atoms with Gasteiger partial charge in [-0.3, -0.25) is 9.59 Å². The van der Waals surface area contributed by atoms with Gasteiger partial charge in [-0.1, -0.05) is 58.0 Å². The molecular formula is C29H43NO6. The van der Waals surface area contributed by atoms with E-state index in [9.17, 15) is 19.5 Å². The first-order valence-electron chi connectivity index (χ1n) is 13.6. The van der Waals surface area contributed by atoms with E-state index in [0.29, 0.717) is 25.7 Å². The van der Waals surface area contributed by atoms with Crippen molar-refractivity contribution in [2.75, 3.05) is 6.54 Å². The summed E-state index contributed by atoms with van der Waals surface area (Å²) in [6, 6.07) is 9.31. The van der Waals surface area contributed by atoms with Crippen molar-refractivity contribution in [2.45, 2.75) is 104 Å². The molecule has 0 radical (unpaired) electrons. The van der Waals surface area contributed by atoms with Gasteiger partial charge in [-0.2, -0.15) is 0 Å². The van der Waals surface area contributed by atoms with Crippen molar-refractivity contribution in [3.63, 3.8) is 0 Å². The van der Waals surface area contributed by atoms with Gasteiger partial charge in [0.2, 0.25) is 5.78 Å². The Kier molecular flexibility index (Phi) is 9.70. The number of carbonyl (C=O) groups is 3. The van der Waals surface area contributed by atoms with Gasteiger partial charge in [-0.15, -0.1) is 0 Å². The van der Waals surface area contributed by atoms with Gasteiger partial charge in [-0.05, 0) is 69.3 Å². The van der Waals surface area contributed by atoms with Crippen molar-refractivity contribution in [1.29, 1.82) is 0 Å². The second-order valence-corrected chi connectivity index (χ2v) is 10.9. The van der Waals surface area contributed by atoms with Crippen LogP contribution < -0.4 is 0 Å². The predicted molar refractivity (Wildman–Crippen MR) is 137 cm³/mol. The summed E-state index contributed by atoms with van der Waals surface area (Å²) in [6.07, 6.45) is 3.86. The van der Waals surface area contributed by atoms with Crippen molar-refractivity contribution >= 4 is 17.7 Å². The molecule has 1 aromatic carbocycles. The summed E-state index contributed by atoms with van der Waals surface area (Å²) in [5, 5.41) is 11.2. The molecule has 0 saturated carbocycles. The summed E-state index contributed by atoms with van der Waals surface area (Å²) in [5.74, 6) is -4.81. The number of ether oxygens (including phenoxy) is 2. The average molecular weight is 502 g/mol. The van der Waals surface area contributed by atoms with Crippen LogP contribution in [-0.2, 0) is 30.3 Å². The van der Waals surface area contributed by atoms with Gasteiger partial charge < -0.3 is 19.5 Å². The zero-order valence-electron chi connectivity index (χ0n) is 22.4. The molecule has 3 rings (SSSR count). The van der Waals surface area contributed by atoms with Crippen LogP contribution in [-0.4, -0.2) is 58.2 Å². The molecule has 0 aromatic heterocycles. The van der Waals surface area contributed by atoms with E-state index < -0.39 is 41.5 Å². The van der Waals surface area contributed by atoms with Crippen molar-refractivity contribution in [3.8, 4) is 0 Å². The van der Waals surface area contributed by atoms with Crippen molar-refractivity contribution in [3.05, 3.63) is 35.9 Å². The van der Waals surface area contributed by atoms with Crippen LogP contribution >= 0.6 is 0 Å². The summed E-state index contributed by atoms with van der Waals surface area (Å²) in [4.78, 5) is 41.5. The number of piperidine rings is 1. The standard InChI is InChI=1S/C29H43NO6/c1-6-23(18-22-12-8-7-9-13-22)25(19(2)3)35-27(32)24-14-10-11-17-30(24)28(33)29(34)26(31)20(4)15-16-21(5)36-29/h7-9,12-13,19-21,23-25,34H,6,10-11,14-18H2,1-5H3. The van der Waals surface area contributed by atoms with Crippen molar-refractivity contribution in [2.24, 2.45) is 17.8 Å². The summed E-state index contributed by atoms with van der Waals surface area (Å²) in [5.41, 5.74) is 1.19. The van der Waals surface area contributed by atoms with E-state index in [-0.39, 0.29) is 24.5 Å². The van der Waals surface area contributed by atoms with Gasteiger partial charge in [0.15, 0.2) is 0 Å². The van der Waals surface area contributed by atoms with Crippen LogP contribution in [0.5, 0.6) is 0 Å². The number of aliphatic hydroxyl groups is 1. The SMILES string of the molecule is CCC(Cc1ccccc1)C(OC(=O)C1CCCCN1C(=O)C1(O)OC(C)CCC(C)C1=O)C(C)C. The molecule has 6 atom stereocenters. The molecule has 0 bridgehead atoms. The van der Waals surface area contributed by atoms with E-state index in [4.69, 9.17) is 9.47 Å². The zero-order valence-corrected chi connectivity index (χ0v) is 22.4. The Morgan fingerprint density at radius 3 is 2.47 bits per heavy atom. The third-order valence-electron chi connectivity index (χ3n) is 7.72. The molecule has 2 heterocycles. The quantitative estimate of drug-likeness (QED) is 0.422. The van der Waals surface area contributed by atoms with Gasteiger partial charge in [0, 0.05) is 12.5 Å². The topological polar surface area (TPSA) is 93.1 Å². The zero-order chi connectivity index (χ0) is 26.5. The number of nitrogens with zero attached hydrogens (tertiary/aromatic N) is 1. The van der Waals surface area contributed by atoms with E-state index in [0.717, 1.165) is 19.3 Å². The molecule has 2 fully saturated rings. The summed E-state index contributed by atoms with van der Waals surface area (Å²) in [7, 11) is 0. The monoisotopic (exact) mass is 501 g/mol. The lowest BCUT2D eigenvalue weighted by molar-refractivity contribution is -0.227.